The van der Waals surface area contributed by atoms with E-state index in [-0.39, 0.29) is 16.5 Å². The minimum absolute atomic E-state index is 0.0982. The highest BCUT2D eigenvalue weighted by molar-refractivity contribution is 6.30. The molecule has 4 heteroatoms. The van der Waals surface area contributed by atoms with Crippen LogP contribution in [0.1, 0.15) is 44.9 Å². The molecule has 2 aliphatic rings. The minimum atomic E-state index is -0.434. The van der Waals surface area contributed by atoms with E-state index in [0.29, 0.717) is 11.8 Å². The van der Waals surface area contributed by atoms with Gasteiger partial charge >= 0.3 is 0 Å². The quantitative estimate of drug-likeness (QED) is 0.883. The second-order valence-corrected chi connectivity index (χ2v) is 6.79. The Morgan fingerprint density at radius 1 is 1.24 bits per heavy atom. The molecule has 0 radical (unpaired) electrons. The average Bonchev–Trinajstić information content (AvgIpc) is 2.75. The van der Waals surface area contributed by atoms with Crippen molar-refractivity contribution in [2.75, 3.05) is 7.05 Å². The zero-order chi connectivity index (χ0) is 14.9. The first-order valence-corrected chi connectivity index (χ1v) is 8.33. The SMILES string of the molecule is CNC1CC(Oc2cccc(Cl)c2F)C12CCCCCC2. The van der Waals surface area contributed by atoms with Crippen molar-refractivity contribution in [3.63, 3.8) is 0 Å². The Bertz CT molecular complexity index is 500. The number of halogens is 2. The van der Waals surface area contributed by atoms with Gasteiger partial charge in [-0.05, 0) is 32.0 Å². The summed E-state index contributed by atoms with van der Waals surface area (Å²) in [5, 5.41) is 3.56. The first kappa shape index (κ1) is 15.1. The number of benzene rings is 1. The fourth-order valence-corrected chi connectivity index (χ4v) is 4.27. The molecule has 0 saturated heterocycles. The molecule has 0 bridgehead atoms. The molecule has 2 aliphatic carbocycles. The first-order chi connectivity index (χ1) is 10.2. The molecule has 116 valence electrons. The van der Waals surface area contributed by atoms with Gasteiger partial charge in [0, 0.05) is 17.9 Å². The first-order valence-electron chi connectivity index (χ1n) is 7.95. The molecule has 1 spiro atoms. The lowest BCUT2D eigenvalue weighted by molar-refractivity contribution is -0.0895. The van der Waals surface area contributed by atoms with Crippen molar-refractivity contribution in [1.82, 2.24) is 5.32 Å². The van der Waals surface area contributed by atoms with Crippen LogP contribution in [-0.4, -0.2) is 19.2 Å². The fraction of sp³-hybridized carbons (Fsp3) is 0.647. The summed E-state index contributed by atoms with van der Waals surface area (Å²) < 4.78 is 20.1. The van der Waals surface area contributed by atoms with Crippen LogP contribution >= 0.6 is 11.6 Å². The predicted molar refractivity (Wildman–Crippen MR) is 83.4 cm³/mol. The summed E-state index contributed by atoms with van der Waals surface area (Å²) in [6, 6.07) is 5.47. The van der Waals surface area contributed by atoms with Gasteiger partial charge in [0.1, 0.15) is 6.10 Å². The van der Waals surface area contributed by atoms with E-state index in [4.69, 9.17) is 16.3 Å². The molecule has 0 heterocycles. The number of ether oxygens (including phenoxy) is 1. The molecule has 3 rings (SSSR count). The monoisotopic (exact) mass is 311 g/mol. The van der Waals surface area contributed by atoms with Gasteiger partial charge in [-0.15, -0.1) is 0 Å². The van der Waals surface area contributed by atoms with Crippen LogP contribution in [-0.2, 0) is 0 Å². The maximum Gasteiger partial charge on any atom is 0.183 e. The maximum absolute atomic E-state index is 14.1. The lowest BCUT2D eigenvalue weighted by atomic mass is 9.58. The Kier molecular flexibility index (Phi) is 4.41. The van der Waals surface area contributed by atoms with Crippen molar-refractivity contribution < 1.29 is 9.13 Å². The van der Waals surface area contributed by atoms with Gasteiger partial charge in [0.2, 0.25) is 0 Å². The summed E-state index contributed by atoms with van der Waals surface area (Å²) in [6.45, 7) is 0. The van der Waals surface area contributed by atoms with Crippen LogP contribution in [0, 0.1) is 11.2 Å². The molecule has 1 aromatic rings. The molecular formula is C17H23ClFNO. The summed E-state index contributed by atoms with van der Waals surface area (Å²) in [4.78, 5) is 0. The standard InChI is InChI=1S/C17H23ClFNO/c1-20-14-11-15(17(14)9-4-2-3-5-10-17)21-13-8-6-7-12(18)16(13)19/h6-8,14-15,20H,2-5,9-11H2,1H3. The molecule has 0 aliphatic heterocycles. The molecule has 21 heavy (non-hydrogen) atoms. The summed E-state index contributed by atoms with van der Waals surface area (Å²) in [6.07, 6.45) is 8.49. The van der Waals surface area contributed by atoms with Crippen LogP contribution in [0.25, 0.3) is 0 Å². The van der Waals surface area contributed by atoms with E-state index < -0.39 is 5.82 Å². The Morgan fingerprint density at radius 3 is 2.62 bits per heavy atom. The lowest BCUT2D eigenvalue weighted by Gasteiger charge is -2.55. The van der Waals surface area contributed by atoms with Crippen LogP contribution in [0.2, 0.25) is 5.02 Å². The molecule has 2 fully saturated rings. The van der Waals surface area contributed by atoms with Gasteiger partial charge < -0.3 is 10.1 Å². The second kappa shape index (κ2) is 6.13. The van der Waals surface area contributed by atoms with Crippen molar-refractivity contribution in [1.29, 1.82) is 0 Å². The molecular weight excluding hydrogens is 289 g/mol. The zero-order valence-corrected chi connectivity index (χ0v) is 13.3. The normalized spacial score (nSPS) is 28.0. The highest BCUT2D eigenvalue weighted by Crippen LogP contribution is 2.52. The van der Waals surface area contributed by atoms with Crippen LogP contribution in [0.3, 0.4) is 0 Å². The van der Waals surface area contributed by atoms with Crippen LogP contribution in [0.15, 0.2) is 18.2 Å². The molecule has 0 amide bonds. The van der Waals surface area contributed by atoms with Crippen molar-refractivity contribution in [3.8, 4) is 5.75 Å². The van der Waals surface area contributed by atoms with E-state index in [2.05, 4.69) is 5.32 Å². The van der Waals surface area contributed by atoms with Gasteiger partial charge in [-0.25, -0.2) is 4.39 Å². The molecule has 2 unspecified atom stereocenters. The summed E-state index contributed by atoms with van der Waals surface area (Å²) in [7, 11) is 2.02. The van der Waals surface area contributed by atoms with Gasteiger partial charge in [0.05, 0.1) is 5.02 Å². The number of hydrogen-bond donors (Lipinski definition) is 1. The van der Waals surface area contributed by atoms with Crippen LogP contribution in [0.5, 0.6) is 5.75 Å². The number of hydrogen-bond acceptors (Lipinski definition) is 2. The third-order valence-corrected chi connectivity index (χ3v) is 5.65. The van der Waals surface area contributed by atoms with Crippen molar-refractivity contribution in [3.05, 3.63) is 29.0 Å². The second-order valence-electron chi connectivity index (χ2n) is 6.38. The topological polar surface area (TPSA) is 21.3 Å². The predicted octanol–water partition coefficient (Wildman–Crippen LogP) is 4.56. The smallest absolute Gasteiger partial charge is 0.183 e. The summed E-state index contributed by atoms with van der Waals surface area (Å²) in [5.74, 6) is -0.137. The van der Waals surface area contributed by atoms with E-state index in [1.165, 1.54) is 38.5 Å². The van der Waals surface area contributed by atoms with Crippen LogP contribution < -0.4 is 10.1 Å². The van der Waals surface area contributed by atoms with E-state index in [9.17, 15) is 4.39 Å². The lowest BCUT2D eigenvalue weighted by Crippen LogP contribution is -2.64. The Morgan fingerprint density at radius 2 is 1.95 bits per heavy atom. The van der Waals surface area contributed by atoms with Gasteiger partial charge in [-0.3, -0.25) is 0 Å². The van der Waals surface area contributed by atoms with Crippen molar-refractivity contribution >= 4 is 11.6 Å². The Hall–Kier alpha value is -0.800. The van der Waals surface area contributed by atoms with E-state index in [1.54, 1.807) is 18.2 Å². The van der Waals surface area contributed by atoms with Gasteiger partial charge in [0.25, 0.3) is 0 Å². The molecule has 1 aromatic carbocycles. The highest BCUT2D eigenvalue weighted by atomic mass is 35.5. The number of rotatable bonds is 3. The number of nitrogens with one attached hydrogen (secondary N) is 1. The molecule has 2 nitrogen and oxygen atoms in total. The van der Waals surface area contributed by atoms with E-state index in [1.807, 2.05) is 7.05 Å². The molecule has 1 N–H and O–H groups in total. The largest absolute Gasteiger partial charge is 0.487 e. The average molecular weight is 312 g/mol. The molecule has 2 saturated carbocycles. The van der Waals surface area contributed by atoms with Gasteiger partial charge in [-0.1, -0.05) is 43.4 Å². The third kappa shape index (κ3) is 2.66. The van der Waals surface area contributed by atoms with Crippen LogP contribution in [0.4, 0.5) is 4.39 Å². The zero-order valence-electron chi connectivity index (χ0n) is 12.5. The molecule has 2 atom stereocenters. The Labute approximate surface area is 131 Å². The third-order valence-electron chi connectivity index (χ3n) is 5.35. The van der Waals surface area contributed by atoms with E-state index >= 15 is 0 Å². The van der Waals surface area contributed by atoms with Gasteiger partial charge in [0.15, 0.2) is 11.6 Å². The fourth-order valence-electron chi connectivity index (χ4n) is 4.10. The molecule has 0 aromatic heterocycles. The summed E-state index contributed by atoms with van der Waals surface area (Å²) >= 11 is 5.85. The van der Waals surface area contributed by atoms with E-state index in [0.717, 1.165) is 6.42 Å². The minimum Gasteiger partial charge on any atom is -0.487 e. The van der Waals surface area contributed by atoms with Gasteiger partial charge in [-0.2, -0.15) is 0 Å². The highest BCUT2D eigenvalue weighted by Gasteiger charge is 2.55. The Balaban J connectivity index is 1.80. The summed E-state index contributed by atoms with van der Waals surface area (Å²) in [5.41, 5.74) is 0.167. The van der Waals surface area contributed by atoms with Crippen molar-refractivity contribution in [2.45, 2.75) is 57.1 Å². The maximum atomic E-state index is 14.1. The van der Waals surface area contributed by atoms with Crippen molar-refractivity contribution in [2.24, 2.45) is 5.41 Å².